The SMILES string of the molecule is CCOc1ccc(C(=O)N(c2ccc(OC)cc2OC)C2C=CS(=O)(=O)C2)cc1. The second kappa shape index (κ2) is 8.57. The third-order valence-corrected chi connectivity index (χ3v) is 5.90. The minimum Gasteiger partial charge on any atom is -0.497 e. The van der Waals surface area contributed by atoms with Crippen LogP contribution >= 0.6 is 0 Å². The van der Waals surface area contributed by atoms with Crippen LogP contribution in [0.5, 0.6) is 17.2 Å². The summed E-state index contributed by atoms with van der Waals surface area (Å²) in [4.78, 5) is 14.8. The second-order valence-corrected chi connectivity index (χ2v) is 8.33. The summed E-state index contributed by atoms with van der Waals surface area (Å²) in [6.07, 6.45) is 1.52. The molecule has 0 radical (unpaired) electrons. The van der Waals surface area contributed by atoms with E-state index in [1.807, 2.05) is 6.92 Å². The Labute approximate surface area is 170 Å². The number of carbonyl (C=O) groups excluding carboxylic acids is 1. The van der Waals surface area contributed by atoms with Crippen molar-refractivity contribution in [2.24, 2.45) is 0 Å². The van der Waals surface area contributed by atoms with Gasteiger partial charge in [-0.15, -0.1) is 0 Å². The molecule has 1 heterocycles. The first-order chi connectivity index (χ1) is 13.9. The van der Waals surface area contributed by atoms with Crippen molar-refractivity contribution in [2.45, 2.75) is 13.0 Å². The Balaban J connectivity index is 2.04. The molecular weight excluding hydrogens is 394 g/mol. The highest BCUT2D eigenvalue weighted by Gasteiger charge is 2.33. The standard InChI is InChI=1S/C21H23NO6S/c1-4-28-17-7-5-15(6-8-17)21(23)22(16-11-12-29(24,25)14-16)19-10-9-18(26-2)13-20(19)27-3/h5-13,16H,4,14H2,1-3H3. The first-order valence-electron chi connectivity index (χ1n) is 9.08. The molecule has 29 heavy (non-hydrogen) atoms. The molecule has 3 rings (SSSR count). The molecule has 1 unspecified atom stereocenters. The minimum absolute atomic E-state index is 0.190. The molecule has 0 spiro atoms. The van der Waals surface area contributed by atoms with Crippen LogP contribution in [0, 0.1) is 0 Å². The van der Waals surface area contributed by atoms with Gasteiger partial charge in [0.05, 0.1) is 38.3 Å². The van der Waals surface area contributed by atoms with Crippen molar-refractivity contribution in [3.05, 3.63) is 59.5 Å². The Morgan fingerprint density at radius 2 is 1.76 bits per heavy atom. The van der Waals surface area contributed by atoms with E-state index in [0.717, 1.165) is 5.41 Å². The summed E-state index contributed by atoms with van der Waals surface area (Å²) in [7, 11) is -0.354. The molecule has 0 saturated heterocycles. The van der Waals surface area contributed by atoms with Crippen LogP contribution in [0.25, 0.3) is 0 Å². The lowest BCUT2D eigenvalue weighted by molar-refractivity contribution is 0.0982. The number of anilines is 1. The van der Waals surface area contributed by atoms with E-state index in [4.69, 9.17) is 14.2 Å². The predicted octanol–water partition coefficient (Wildman–Crippen LogP) is 3.06. The Kier molecular flexibility index (Phi) is 6.12. The van der Waals surface area contributed by atoms with Crippen LogP contribution in [0.15, 0.2) is 53.9 Å². The van der Waals surface area contributed by atoms with Crippen LogP contribution in [0.3, 0.4) is 0 Å². The van der Waals surface area contributed by atoms with Crippen LogP contribution in [-0.4, -0.2) is 46.9 Å². The number of amides is 1. The number of carbonyl (C=O) groups is 1. The van der Waals surface area contributed by atoms with Gasteiger partial charge < -0.3 is 14.2 Å². The first kappa shape index (κ1) is 20.7. The van der Waals surface area contributed by atoms with Crippen molar-refractivity contribution in [3.63, 3.8) is 0 Å². The smallest absolute Gasteiger partial charge is 0.258 e. The van der Waals surface area contributed by atoms with Crippen molar-refractivity contribution >= 4 is 21.4 Å². The Bertz CT molecular complexity index is 1010. The molecule has 0 bridgehead atoms. The molecule has 1 aliphatic heterocycles. The highest BCUT2D eigenvalue weighted by Crippen LogP contribution is 2.36. The molecule has 1 amide bonds. The molecule has 0 saturated carbocycles. The van der Waals surface area contributed by atoms with Crippen molar-refractivity contribution in [2.75, 3.05) is 31.5 Å². The van der Waals surface area contributed by atoms with Gasteiger partial charge in [-0.25, -0.2) is 8.42 Å². The molecule has 1 atom stereocenters. The van der Waals surface area contributed by atoms with Gasteiger partial charge in [-0.1, -0.05) is 0 Å². The van der Waals surface area contributed by atoms with Gasteiger partial charge in [-0.05, 0) is 49.4 Å². The van der Waals surface area contributed by atoms with E-state index in [-0.39, 0.29) is 11.7 Å². The van der Waals surface area contributed by atoms with Gasteiger partial charge in [0.25, 0.3) is 5.91 Å². The number of rotatable bonds is 7. The summed E-state index contributed by atoms with van der Waals surface area (Å²) < 4.78 is 40.1. The summed E-state index contributed by atoms with van der Waals surface area (Å²) in [6, 6.07) is 11.1. The zero-order valence-corrected chi connectivity index (χ0v) is 17.3. The lowest BCUT2D eigenvalue weighted by Gasteiger charge is -2.29. The fourth-order valence-electron chi connectivity index (χ4n) is 3.14. The van der Waals surface area contributed by atoms with Gasteiger partial charge in [-0.3, -0.25) is 9.69 Å². The van der Waals surface area contributed by atoms with Gasteiger partial charge in [0.1, 0.15) is 17.2 Å². The first-order valence-corrected chi connectivity index (χ1v) is 10.8. The number of nitrogens with zero attached hydrogens (tertiary/aromatic N) is 1. The maximum atomic E-state index is 13.4. The normalized spacial score (nSPS) is 17.0. The van der Waals surface area contributed by atoms with E-state index in [1.165, 1.54) is 25.2 Å². The third kappa shape index (κ3) is 4.54. The van der Waals surface area contributed by atoms with Gasteiger partial charge in [0, 0.05) is 17.0 Å². The zero-order valence-electron chi connectivity index (χ0n) is 16.5. The monoisotopic (exact) mass is 417 g/mol. The molecule has 2 aromatic rings. The van der Waals surface area contributed by atoms with Crippen LogP contribution in [-0.2, 0) is 9.84 Å². The minimum atomic E-state index is -3.37. The van der Waals surface area contributed by atoms with Crippen molar-refractivity contribution in [3.8, 4) is 17.2 Å². The lowest BCUT2D eigenvalue weighted by atomic mass is 10.1. The summed E-state index contributed by atoms with van der Waals surface area (Å²) in [5.74, 6) is 1.09. The number of methoxy groups -OCH3 is 2. The molecular formula is C21H23NO6S. The predicted molar refractivity (Wildman–Crippen MR) is 111 cm³/mol. The van der Waals surface area contributed by atoms with E-state index in [0.29, 0.717) is 35.1 Å². The van der Waals surface area contributed by atoms with Crippen molar-refractivity contribution in [1.82, 2.24) is 0 Å². The molecule has 7 nitrogen and oxygen atoms in total. The van der Waals surface area contributed by atoms with E-state index >= 15 is 0 Å². The van der Waals surface area contributed by atoms with E-state index in [2.05, 4.69) is 0 Å². The molecule has 154 valence electrons. The zero-order chi connectivity index (χ0) is 21.0. The summed E-state index contributed by atoms with van der Waals surface area (Å²) in [5, 5.41) is 1.14. The van der Waals surface area contributed by atoms with Gasteiger partial charge >= 0.3 is 0 Å². The van der Waals surface area contributed by atoms with Crippen molar-refractivity contribution < 1.29 is 27.4 Å². The average molecular weight is 417 g/mol. The highest BCUT2D eigenvalue weighted by atomic mass is 32.2. The van der Waals surface area contributed by atoms with Gasteiger partial charge in [0.15, 0.2) is 9.84 Å². The number of hydrogen-bond donors (Lipinski definition) is 0. The summed E-state index contributed by atoms with van der Waals surface area (Å²) >= 11 is 0. The molecule has 8 heteroatoms. The largest absolute Gasteiger partial charge is 0.497 e. The molecule has 0 N–H and O–H groups in total. The van der Waals surface area contributed by atoms with Gasteiger partial charge in [-0.2, -0.15) is 0 Å². The summed E-state index contributed by atoms with van der Waals surface area (Å²) in [6.45, 7) is 2.40. The van der Waals surface area contributed by atoms with E-state index in [9.17, 15) is 13.2 Å². The fraction of sp³-hybridized carbons (Fsp3) is 0.286. The second-order valence-electron chi connectivity index (χ2n) is 6.40. The number of ether oxygens (including phenoxy) is 3. The lowest BCUT2D eigenvalue weighted by Crippen LogP contribution is -2.41. The molecule has 0 aliphatic carbocycles. The fourth-order valence-corrected chi connectivity index (χ4v) is 4.41. The highest BCUT2D eigenvalue weighted by molar-refractivity contribution is 7.94. The van der Waals surface area contributed by atoms with Crippen LogP contribution < -0.4 is 19.1 Å². The Morgan fingerprint density at radius 3 is 2.31 bits per heavy atom. The summed E-state index contributed by atoms with van der Waals surface area (Å²) in [5.41, 5.74) is 0.864. The maximum absolute atomic E-state index is 13.4. The number of hydrogen-bond acceptors (Lipinski definition) is 6. The molecule has 0 fully saturated rings. The van der Waals surface area contributed by atoms with Crippen LogP contribution in [0.4, 0.5) is 5.69 Å². The topological polar surface area (TPSA) is 82.1 Å². The van der Waals surface area contributed by atoms with Crippen LogP contribution in [0.1, 0.15) is 17.3 Å². The maximum Gasteiger partial charge on any atom is 0.258 e. The number of benzene rings is 2. The average Bonchev–Trinajstić information content (AvgIpc) is 3.08. The molecule has 0 aromatic heterocycles. The van der Waals surface area contributed by atoms with Gasteiger partial charge in [0.2, 0.25) is 0 Å². The Hall–Kier alpha value is -3.00. The third-order valence-electron chi connectivity index (χ3n) is 4.52. The quantitative estimate of drug-likeness (QED) is 0.689. The Morgan fingerprint density at radius 1 is 1.07 bits per heavy atom. The van der Waals surface area contributed by atoms with E-state index < -0.39 is 15.9 Å². The molecule has 2 aromatic carbocycles. The molecule has 1 aliphatic rings. The van der Waals surface area contributed by atoms with Crippen LogP contribution in [0.2, 0.25) is 0 Å². The van der Waals surface area contributed by atoms with E-state index in [1.54, 1.807) is 42.5 Å². The number of sulfone groups is 1. The van der Waals surface area contributed by atoms with Crippen molar-refractivity contribution in [1.29, 1.82) is 0 Å².